The molecule has 0 aromatic heterocycles. The van der Waals surface area contributed by atoms with Crippen LogP contribution in [0.1, 0.15) is 0 Å². The molecule has 0 heterocycles. The molecule has 0 bridgehead atoms. The Kier molecular flexibility index (Phi) is 3.49. The Hall–Kier alpha value is -0.360. The Morgan fingerprint density at radius 1 is 1.23 bits per heavy atom. The lowest BCUT2D eigenvalue weighted by atomic mass is 10.3. The normalized spacial score (nSPS) is 10.5. The lowest BCUT2D eigenvalue weighted by molar-refractivity contribution is -0.0498. The molecule has 0 saturated heterocycles. The Morgan fingerprint density at radius 3 is 2.31 bits per heavy atom. The van der Waals surface area contributed by atoms with E-state index in [4.69, 9.17) is 5.73 Å². The van der Waals surface area contributed by atoms with Crippen molar-refractivity contribution in [3.8, 4) is 5.75 Å². The van der Waals surface area contributed by atoms with Crippen molar-refractivity contribution in [3.05, 3.63) is 21.1 Å². The zero-order valence-electron chi connectivity index (χ0n) is 6.23. The van der Waals surface area contributed by atoms with Gasteiger partial charge in [0.1, 0.15) is 0 Å². The highest BCUT2D eigenvalue weighted by molar-refractivity contribution is 9.11. The van der Waals surface area contributed by atoms with Crippen LogP contribution in [0.3, 0.4) is 0 Å². The van der Waals surface area contributed by atoms with Crippen LogP contribution in [0.25, 0.3) is 0 Å². The van der Waals surface area contributed by atoms with Crippen molar-refractivity contribution < 1.29 is 13.5 Å². The summed E-state index contributed by atoms with van der Waals surface area (Å²) in [4.78, 5) is 0. The van der Waals surface area contributed by atoms with Crippen LogP contribution in [0, 0.1) is 0 Å². The summed E-state index contributed by atoms with van der Waals surface area (Å²) < 4.78 is 28.9. The fourth-order valence-corrected chi connectivity index (χ4v) is 1.51. The number of benzene rings is 1. The average Bonchev–Trinajstić information content (AvgIpc) is 2.05. The molecule has 72 valence electrons. The van der Waals surface area contributed by atoms with E-state index < -0.39 is 6.61 Å². The summed E-state index contributed by atoms with van der Waals surface area (Å²) >= 11 is 6.15. The summed E-state index contributed by atoms with van der Waals surface area (Å²) in [5.74, 6) is -0.0515. The predicted molar refractivity (Wildman–Crippen MR) is 52.9 cm³/mol. The van der Waals surface area contributed by atoms with Gasteiger partial charge in [-0.2, -0.15) is 8.78 Å². The molecule has 0 fully saturated rings. The monoisotopic (exact) mass is 315 g/mol. The number of hydrogen-bond acceptors (Lipinski definition) is 2. The van der Waals surface area contributed by atoms with Gasteiger partial charge in [-0.05, 0) is 44.0 Å². The maximum atomic E-state index is 11.9. The molecule has 13 heavy (non-hydrogen) atoms. The lowest BCUT2D eigenvalue weighted by Crippen LogP contribution is -2.05. The highest BCUT2D eigenvalue weighted by Gasteiger charge is 2.13. The van der Waals surface area contributed by atoms with Crippen molar-refractivity contribution in [2.75, 3.05) is 5.73 Å². The van der Waals surface area contributed by atoms with E-state index in [2.05, 4.69) is 36.6 Å². The minimum Gasteiger partial charge on any atom is -0.431 e. The van der Waals surface area contributed by atoms with Gasteiger partial charge in [0, 0.05) is 4.47 Å². The number of nitrogens with two attached hydrogens (primary N) is 1. The van der Waals surface area contributed by atoms with Gasteiger partial charge in [-0.1, -0.05) is 0 Å². The number of halogens is 4. The Labute approximate surface area is 90.3 Å². The molecule has 1 aromatic rings. The van der Waals surface area contributed by atoms with Crippen molar-refractivity contribution in [2.24, 2.45) is 0 Å². The van der Waals surface area contributed by atoms with E-state index in [1.165, 1.54) is 0 Å². The van der Waals surface area contributed by atoms with E-state index in [-0.39, 0.29) is 11.4 Å². The molecule has 0 aliphatic rings. The highest BCUT2D eigenvalue weighted by Crippen LogP contribution is 2.37. The van der Waals surface area contributed by atoms with E-state index in [0.717, 1.165) is 0 Å². The number of alkyl halides is 2. The van der Waals surface area contributed by atoms with E-state index in [1.54, 1.807) is 12.1 Å². The van der Waals surface area contributed by atoms with Crippen molar-refractivity contribution in [3.63, 3.8) is 0 Å². The number of anilines is 1. The SMILES string of the molecule is Nc1c(Br)ccc(Br)c1OC(F)F. The van der Waals surface area contributed by atoms with Gasteiger partial charge in [-0.25, -0.2) is 0 Å². The number of ether oxygens (including phenoxy) is 1. The second kappa shape index (κ2) is 4.23. The van der Waals surface area contributed by atoms with Gasteiger partial charge in [0.05, 0.1) is 10.2 Å². The molecule has 1 rings (SSSR count). The van der Waals surface area contributed by atoms with Gasteiger partial charge < -0.3 is 10.5 Å². The Balaban J connectivity index is 3.10. The van der Waals surface area contributed by atoms with E-state index in [1.807, 2.05) is 0 Å². The second-order valence-corrected chi connectivity index (χ2v) is 3.86. The highest BCUT2D eigenvalue weighted by atomic mass is 79.9. The molecular formula is C7H5Br2F2NO. The van der Waals surface area contributed by atoms with Crippen LogP contribution in [-0.4, -0.2) is 6.61 Å². The fourth-order valence-electron chi connectivity index (χ4n) is 0.758. The maximum absolute atomic E-state index is 11.9. The summed E-state index contributed by atoms with van der Waals surface area (Å²) in [6.07, 6.45) is 0. The van der Waals surface area contributed by atoms with Crippen LogP contribution in [0.2, 0.25) is 0 Å². The minimum atomic E-state index is -2.88. The van der Waals surface area contributed by atoms with Crippen LogP contribution >= 0.6 is 31.9 Å². The second-order valence-electron chi connectivity index (χ2n) is 2.15. The quantitative estimate of drug-likeness (QED) is 0.849. The zero-order valence-corrected chi connectivity index (χ0v) is 9.40. The number of hydrogen-bond donors (Lipinski definition) is 1. The predicted octanol–water partition coefficient (Wildman–Crippen LogP) is 3.40. The first-order valence-electron chi connectivity index (χ1n) is 3.20. The molecule has 6 heteroatoms. The first-order valence-corrected chi connectivity index (χ1v) is 4.79. The molecule has 0 saturated carbocycles. The smallest absolute Gasteiger partial charge is 0.387 e. The fraction of sp³-hybridized carbons (Fsp3) is 0.143. The number of nitrogen functional groups attached to an aromatic ring is 1. The van der Waals surface area contributed by atoms with Crippen molar-refractivity contribution in [2.45, 2.75) is 6.61 Å². The van der Waals surface area contributed by atoms with Gasteiger partial charge in [-0.3, -0.25) is 0 Å². The van der Waals surface area contributed by atoms with Crippen LogP contribution in [0.4, 0.5) is 14.5 Å². The first-order chi connectivity index (χ1) is 6.02. The standard InChI is InChI=1S/C7H5Br2F2NO/c8-3-1-2-4(9)6(5(3)12)13-7(10)11/h1-2,7H,12H2. The average molecular weight is 317 g/mol. The molecule has 1 aromatic carbocycles. The van der Waals surface area contributed by atoms with E-state index in [0.29, 0.717) is 8.95 Å². The van der Waals surface area contributed by atoms with E-state index >= 15 is 0 Å². The summed E-state index contributed by atoms with van der Waals surface area (Å²) in [5.41, 5.74) is 5.64. The number of rotatable bonds is 2. The van der Waals surface area contributed by atoms with Crippen LogP contribution in [-0.2, 0) is 0 Å². The molecule has 0 atom stereocenters. The van der Waals surface area contributed by atoms with Crippen LogP contribution in [0.15, 0.2) is 21.1 Å². The third-order valence-electron chi connectivity index (χ3n) is 1.30. The molecular weight excluding hydrogens is 312 g/mol. The third-order valence-corrected chi connectivity index (χ3v) is 2.62. The molecule has 0 unspecified atom stereocenters. The van der Waals surface area contributed by atoms with Gasteiger partial charge >= 0.3 is 6.61 Å². The lowest BCUT2D eigenvalue weighted by Gasteiger charge is -2.10. The molecule has 0 amide bonds. The van der Waals surface area contributed by atoms with Gasteiger partial charge in [0.2, 0.25) is 0 Å². The summed E-state index contributed by atoms with van der Waals surface area (Å²) in [6.45, 7) is -2.88. The van der Waals surface area contributed by atoms with Gasteiger partial charge in [-0.15, -0.1) is 0 Å². The van der Waals surface area contributed by atoms with Gasteiger partial charge in [0.15, 0.2) is 5.75 Å². The third kappa shape index (κ3) is 2.54. The van der Waals surface area contributed by atoms with E-state index in [9.17, 15) is 8.78 Å². The largest absolute Gasteiger partial charge is 0.431 e. The molecule has 0 aliphatic carbocycles. The van der Waals surface area contributed by atoms with Crippen molar-refractivity contribution in [1.29, 1.82) is 0 Å². The zero-order chi connectivity index (χ0) is 10.0. The maximum Gasteiger partial charge on any atom is 0.387 e. The van der Waals surface area contributed by atoms with Gasteiger partial charge in [0.25, 0.3) is 0 Å². The Morgan fingerprint density at radius 2 is 1.77 bits per heavy atom. The molecule has 0 radical (unpaired) electrons. The Bertz CT molecular complexity index is 320. The van der Waals surface area contributed by atoms with Crippen LogP contribution < -0.4 is 10.5 Å². The first kappa shape index (κ1) is 10.7. The molecule has 0 aliphatic heterocycles. The minimum absolute atomic E-state index is 0.0515. The van der Waals surface area contributed by atoms with Crippen molar-refractivity contribution in [1.82, 2.24) is 0 Å². The molecule has 2 N–H and O–H groups in total. The summed E-state index contributed by atoms with van der Waals surface area (Å²) in [7, 11) is 0. The molecule has 2 nitrogen and oxygen atoms in total. The van der Waals surface area contributed by atoms with Crippen molar-refractivity contribution >= 4 is 37.5 Å². The molecule has 0 spiro atoms. The van der Waals surface area contributed by atoms with Crippen LogP contribution in [0.5, 0.6) is 5.75 Å². The topological polar surface area (TPSA) is 35.2 Å². The summed E-state index contributed by atoms with van der Waals surface area (Å²) in [6, 6.07) is 3.20. The summed E-state index contributed by atoms with van der Waals surface area (Å²) in [5, 5.41) is 0.